The molecule has 5 heteroatoms. The Morgan fingerprint density at radius 1 is 1.03 bits per heavy atom. The van der Waals surface area contributed by atoms with Gasteiger partial charge in [-0.15, -0.1) is 0 Å². The summed E-state index contributed by atoms with van der Waals surface area (Å²) in [7, 11) is 0. The SMILES string of the molecule is Cc1cc(-c2ccc(NC3(C(=O)O)CCOCC3)cc2COC2CCCC2)c(C)c(C)c1C. The zero-order chi connectivity index (χ0) is 23.6. The van der Waals surface area contributed by atoms with Crippen molar-refractivity contribution in [2.75, 3.05) is 18.5 Å². The topological polar surface area (TPSA) is 67.8 Å². The van der Waals surface area contributed by atoms with E-state index in [0.717, 1.165) is 24.1 Å². The maximum absolute atomic E-state index is 12.2. The molecule has 1 heterocycles. The molecule has 2 aliphatic rings. The number of rotatable bonds is 7. The summed E-state index contributed by atoms with van der Waals surface area (Å²) >= 11 is 0. The third kappa shape index (κ3) is 4.95. The van der Waals surface area contributed by atoms with E-state index in [-0.39, 0.29) is 0 Å². The van der Waals surface area contributed by atoms with Crippen molar-refractivity contribution in [2.24, 2.45) is 0 Å². The number of nitrogens with one attached hydrogen (secondary N) is 1. The summed E-state index contributed by atoms with van der Waals surface area (Å²) in [5.41, 5.74) is 8.55. The summed E-state index contributed by atoms with van der Waals surface area (Å²) < 4.78 is 11.8. The predicted octanol–water partition coefficient (Wildman–Crippen LogP) is 6.09. The van der Waals surface area contributed by atoms with Crippen LogP contribution in [0.2, 0.25) is 0 Å². The van der Waals surface area contributed by atoms with Crippen molar-refractivity contribution in [1.82, 2.24) is 0 Å². The molecular formula is C28H37NO4. The molecule has 1 saturated heterocycles. The van der Waals surface area contributed by atoms with E-state index in [1.807, 2.05) is 6.07 Å². The van der Waals surface area contributed by atoms with E-state index in [2.05, 4.69) is 51.2 Å². The molecule has 0 atom stereocenters. The molecule has 2 N–H and O–H groups in total. The number of hydrogen-bond donors (Lipinski definition) is 2. The molecule has 178 valence electrons. The number of carboxylic acids is 1. The molecular weight excluding hydrogens is 414 g/mol. The van der Waals surface area contributed by atoms with Crippen molar-refractivity contribution < 1.29 is 19.4 Å². The largest absolute Gasteiger partial charge is 0.480 e. The molecule has 1 aliphatic heterocycles. The van der Waals surface area contributed by atoms with Crippen LogP contribution in [-0.4, -0.2) is 35.9 Å². The van der Waals surface area contributed by atoms with E-state index >= 15 is 0 Å². The molecule has 4 rings (SSSR count). The minimum absolute atomic E-state index is 0.318. The second-order valence-electron chi connectivity index (χ2n) is 9.83. The Hall–Kier alpha value is -2.37. The van der Waals surface area contributed by atoms with Gasteiger partial charge in [-0.2, -0.15) is 0 Å². The fourth-order valence-electron chi connectivity index (χ4n) is 5.20. The maximum atomic E-state index is 12.2. The molecule has 5 nitrogen and oxygen atoms in total. The van der Waals surface area contributed by atoms with Crippen molar-refractivity contribution in [3.8, 4) is 11.1 Å². The number of hydrogen-bond acceptors (Lipinski definition) is 4. The first-order valence-electron chi connectivity index (χ1n) is 12.2. The quantitative estimate of drug-likeness (QED) is 0.533. The van der Waals surface area contributed by atoms with Gasteiger partial charge in [0, 0.05) is 31.7 Å². The normalized spacial score (nSPS) is 18.4. The van der Waals surface area contributed by atoms with Crippen LogP contribution in [0.1, 0.15) is 66.3 Å². The molecule has 0 unspecified atom stereocenters. The summed E-state index contributed by atoms with van der Waals surface area (Å²) in [6.45, 7) is 10.2. The average molecular weight is 452 g/mol. The number of benzene rings is 2. The lowest BCUT2D eigenvalue weighted by molar-refractivity contribution is -0.145. The van der Waals surface area contributed by atoms with Crippen LogP contribution < -0.4 is 5.32 Å². The van der Waals surface area contributed by atoms with E-state index < -0.39 is 11.5 Å². The highest BCUT2D eigenvalue weighted by atomic mass is 16.5. The number of carboxylic acid groups (broad SMARTS) is 1. The Morgan fingerprint density at radius 3 is 2.39 bits per heavy atom. The third-order valence-corrected chi connectivity index (χ3v) is 7.79. The van der Waals surface area contributed by atoms with Crippen LogP contribution in [0.25, 0.3) is 11.1 Å². The van der Waals surface area contributed by atoms with Gasteiger partial charge in [-0.05, 0) is 91.6 Å². The Kier molecular flexibility index (Phi) is 7.10. The lowest BCUT2D eigenvalue weighted by Gasteiger charge is -2.35. The molecule has 2 aromatic carbocycles. The summed E-state index contributed by atoms with van der Waals surface area (Å²) in [6, 6.07) is 8.50. The molecule has 0 bridgehead atoms. The van der Waals surface area contributed by atoms with Crippen LogP contribution in [0.3, 0.4) is 0 Å². The number of ether oxygens (including phenoxy) is 2. The van der Waals surface area contributed by atoms with Crippen molar-refractivity contribution >= 4 is 11.7 Å². The number of anilines is 1. The van der Waals surface area contributed by atoms with E-state index in [1.165, 1.54) is 46.2 Å². The van der Waals surface area contributed by atoms with E-state index in [9.17, 15) is 9.90 Å². The van der Waals surface area contributed by atoms with Crippen molar-refractivity contribution in [2.45, 2.75) is 84.5 Å². The number of carbonyl (C=O) groups is 1. The fraction of sp³-hybridized carbons (Fsp3) is 0.536. The third-order valence-electron chi connectivity index (χ3n) is 7.79. The fourth-order valence-corrected chi connectivity index (χ4v) is 5.20. The summed E-state index contributed by atoms with van der Waals surface area (Å²) in [6.07, 6.45) is 5.93. The highest BCUT2D eigenvalue weighted by molar-refractivity contribution is 5.84. The number of aliphatic carboxylic acids is 1. The van der Waals surface area contributed by atoms with E-state index in [4.69, 9.17) is 9.47 Å². The first-order valence-corrected chi connectivity index (χ1v) is 12.2. The smallest absolute Gasteiger partial charge is 0.329 e. The van der Waals surface area contributed by atoms with E-state index in [0.29, 0.717) is 38.8 Å². The standard InChI is InChI=1S/C28H37NO4/c1-18-15-26(21(4)20(3)19(18)2)25-10-9-23(16-22(25)17-33-24-7-5-6-8-24)29-28(27(30)31)11-13-32-14-12-28/h9-10,15-16,24,29H,5-8,11-14,17H2,1-4H3,(H,30,31). The maximum Gasteiger partial charge on any atom is 0.329 e. The van der Waals surface area contributed by atoms with Crippen LogP contribution in [0.15, 0.2) is 24.3 Å². The molecule has 2 fully saturated rings. The van der Waals surface area contributed by atoms with Crippen LogP contribution in [0.4, 0.5) is 5.69 Å². The van der Waals surface area contributed by atoms with Gasteiger partial charge in [-0.3, -0.25) is 0 Å². The molecule has 1 saturated carbocycles. The molecule has 0 spiro atoms. The second-order valence-corrected chi connectivity index (χ2v) is 9.83. The Morgan fingerprint density at radius 2 is 1.73 bits per heavy atom. The minimum Gasteiger partial charge on any atom is -0.480 e. The summed E-state index contributed by atoms with van der Waals surface area (Å²) in [5.74, 6) is -0.820. The molecule has 0 amide bonds. The Balaban J connectivity index is 1.71. The van der Waals surface area contributed by atoms with Gasteiger partial charge < -0.3 is 19.9 Å². The first kappa shape index (κ1) is 23.8. The molecule has 0 radical (unpaired) electrons. The average Bonchev–Trinajstić information content (AvgIpc) is 3.33. The highest BCUT2D eigenvalue weighted by Crippen LogP contribution is 2.36. The van der Waals surface area contributed by atoms with Crippen LogP contribution in [-0.2, 0) is 20.9 Å². The molecule has 1 aliphatic carbocycles. The van der Waals surface area contributed by atoms with Crippen LogP contribution in [0, 0.1) is 27.7 Å². The van der Waals surface area contributed by atoms with Gasteiger partial charge in [-0.1, -0.05) is 25.0 Å². The predicted molar refractivity (Wildman–Crippen MR) is 132 cm³/mol. The lowest BCUT2D eigenvalue weighted by atomic mass is 9.87. The van der Waals surface area contributed by atoms with Gasteiger partial charge in [0.15, 0.2) is 0 Å². The van der Waals surface area contributed by atoms with Crippen LogP contribution >= 0.6 is 0 Å². The van der Waals surface area contributed by atoms with Gasteiger partial charge in [0.2, 0.25) is 0 Å². The summed E-state index contributed by atoms with van der Waals surface area (Å²) in [5, 5.41) is 13.3. The molecule has 33 heavy (non-hydrogen) atoms. The highest BCUT2D eigenvalue weighted by Gasteiger charge is 2.40. The molecule has 2 aromatic rings. The van der Waals surface area contributed by atoms with Gasteiger partial charge in [0.05, 0.1) is 12.7 Å². The van der Waals surface area contributed by atoms with Gasteiger partial charge in [0.1, 0.15) is 5.54 Å². The van der Waals surface area contributed by atoms with E-state index in [1.54, 1.807) is 0 Å². The lowest BCUT2D eigenvalue weighted by Crippen LogP contribution is -2.50. The van der Waals surface area contributed by atoms with Gasteiger partial charge in [-0.25, -0.2) is 4.79 Å². The first-order chi connectivity index (χ1) is 15.8. The van der Waals surface area contributed by atoms with Crippen LogP contribution in [0.5, 0.6) is 0 Å². The minimum atomic E-state index is -0.990. The number of aryl methyl sites for hydroxylation is 1. The second kappa shape index (κ2) is 9.86. The van der Waals surface area contributed by atoms with Gasteiger partial charge in [0.25, 0.3) is 0 Å². The monoisotopic (exact) mass is 451 g/mol. The van der Waals surface area contributed by atoms with Crippen molar-refractivity contribution in [1.29, 1.82) is 0 Å². The van der Waals surface area contributed by atoms with Gasteiger partial charge >= 0.3 is 5.97 Å². The Labute approximate surface area is 197 Å². The zero-order valence-electron chi connectivity index (χ0n) is 20.4. The van der Waals surface area contributed by atoms with Crippen molar-refractivity contribution in [3.63, 3.8) is 0 Å². The van der Waals surface area contributed by atoms with Crippen molar-refractivity contribution in [3.05, 3.63) is 52.1 Å². The summed E-state index contributed by atoms with van der Waals surface area (Å²) in [4.78, 5) is 12.2. The zero-order valence-corrected chi connectivity index (χ0v) is 20.4. The molecule has 0 aromatic heterocycles. The Bertz CT molecular complexity index is 1020.